The Bertz CT molecular complexity index is 552. The Morgan fingerprint density at radius 1 is 1.30 bits per heavy atom. The molecule has 1 aromatic carbocycles. The van der Waals surface area contributed by atoms with E-state index in [1.165, 1.54) is 13.1 Å². The van der Waals surface area contributed by atoms with Crippen molar-refractivity contribution >= 4 is 10.0 Å². The molecule has 0 radical (unpaired) electrons. The smallest absolute Gasteiger partial charge is 0.242 e. The first-order chi connectivity index (χ1) is 9.14. The summed E-state index contributed by atoms with van der Waals surface area (Å²) < 4.78 is 31.4. The van der Waals surface area contributed by atoms with Crippen molar-refractivity contribution in [1.82, 2.24) is 4.31 Å². The third-order valence-corrected chi connectivity index (χ3v) is 4.56. The fourth-order valence-corrected chi connectivity index (χ4v) is 3.16. The van der Waals surface area contributed by atoms with Gasteiger partial charge in [0.15, 0.2) is 0 Å². The number of aryl methyl sites for hydroxylation is 1. The maximum atomic E-state index is 12.3. The van der Waals surface area contributed by atoms with Gasteiger partial charge in [-0.15, -0.1) is 0 Å². The van der Waals surface area contributed by atoms with Crippen molar-refractivity contribution in [3.63, 3.8) is 0 Å². The number of aliphatic hydroxyl groups is 1. The number of ether oxygens (including phenoxy) is 1. The maximum absolute atomic E-state index is 12.3. The van der Waals surface area contributed by atoms with E-state index in [1.807, 2.05) is 20.8 Å². The minimum atomic E-state index is -3.58. The summed E-state index contributed by atoms with van der Waals surface area (Å²) in [5.41, 5.74) is 0.769. The molecule has 1 rings (SSSR count). The molecular weight excluding hydrogens is 278 g/mol. The van der Waals surface area contributed by atoms with Crippen LogP contribution in [0.3, 0.4) is 0 Å². The van der Waals surface area contributed by atoms with E-state index in [0.29, 0.717) is 5.75 Å². The third kappa shape index (κ3) is 4.19. The van der Waals surface area contributed by atoms with Crippen molar-refractivity contribution < 1.29 is 18.3 Å². The number of benzene rings is 1. The van der Waals surface area contributed by atoms with Crippen LogP contribution in [0.4, 0.5) is 0 Å². The Balaban J connectivity index is 3.05. The quantitative estimate of drug-likeness (QED) is 0.870. The second-order valence-electron chi connectivity index (χ2n) is 5.23. The summed E-state index contributed by atoms with van der Waals surface area (Å²) in [5, 5.41) is 9.30. The largest absolute Gasteiger partial charge is 0.491 e. The molecule has 0 spiro atoms. The van der Waals surface area contributed by atoms with Crippen LogP contribution in [0, 0.1) is 6.92 Å². The van der Waals surface area contributed by atoms with Crippen molar-refractivity contribution in [3.05, 3.63) is 23.8 Å². The number of aliphatic hydroxyl groups excluding tert-OH is 1. The van der Waals surface area contributed by atoms with Crippen molar-refractivity contribution in [2.45, 2.75) is 44.8 Å². The lowest BCUT2D eigenvalue weighted by Crippen LogP contribution is -2.33. The van der Waals surface area contributed by atoms with Crippen molar-refractivity contribution in [1.29, 1.82) is 0 Å². The van der Waals surface area contributed by atoms with E-state index in [2.05, 4.69) is 0 Å². The van der Waals surface area contributed by atoms with Crippen LogP contribution < -0.4 is 4.74 Å². The summed E-state index contributed by atoms with van der Waals surface area (Å²) in [7, 11) is -2.13. The molecule has 0 aromatic heterocycles. The molecule has 0 heterocycles. The molecule has 1 unspecified atom stereocenters. The van der Waals surface area contributed by atoms with Gasteiger partial charge in [0.05, 0.1) is 17.1 Å². The molecule has 6 heteroatoms. The van der Waals surface area contributed by atoms with Gasteiger partial charge in [0, 0.05) is 13.6 Å². The molecule has 0 saturated heterocycles. The summed E-state index contributed by atoms with van der Waals surface area (Å²) in [6, 6.07) is 4.78. The molecule has 0 aliphatic rings. The summed E-state index contributed by atoms with van der Waals surface area (Å²) in [6.45, 7) is 7.26. The van der Waals surface area contributed by atoms with E-state index in [9.17, 15) is 13.5 Å². The Morgan fingerprint density at radius 3 is 2.35 bits per heavy atom. The van der Waals surface area contributed by atoms with Gasteiger partial charge in [0.25, 0.3) is 0 Å². The molecule has 20 heavy (non-hydrogen) atoms. The zero-order valence-corrected chi connectivity index (χ0v) is 13.4. The second-order valence-corrected chi connectivity index (χ2v) is 7.27. The lowest BCUT2D eigenvalue weighted by Gasteiger charge is -2.19. The highest BCUT2D eigenvalue weighted by Crippen LogP contribution is 2.24. The third-order valence-electron chi connectivity index (χ3n) is 2.74. The zero-order valence-electron chi connectivity index (χ0n) is 12.6. The maximum Gasteiger partial charge on any atom is 0.242 e. The van der Waals surface area contributed by atoms with E-state index in [0.717, 1.165) is 9.87 Å². The van der Waals surface area contributed by atoms with Crippen molar-refractivity contribution in [2.75, 3.05) is 13.6 Å². The van der Waals surface area contributed by atoms with Gasteiger partial charge in [-0.2, -0.15) is 4.31 Å². The number of rotatable bonds is 6. The Kier molecular flexibility index (Phi) is 5.56. The van der Waals surface area contributed by atoms with Gasteiger partial charge in [0.2, 0.25) is 10.0 Å². The Morgan fingerprint density at radius 2 is 1.90 bits per heavy atom. The highest BCUT2D eigenvalue weighted by molar-refractivity contribution is 7.89. The first kappa shape index (κ1) is 16.9. The van der Waals surface area contributed by atoms with Gasteiger partial charge in [-0.25, -0.2) is 8.42 Å². The molecule has 0 aliphatic carbocycles. The molecule has 1 N–H and O–H groups in total. The number of likely N-dealkylation sites (N-methyl/N-ethyl adjacent to an activating group) is 1. The summed E-state index contributed by atoms with van der Waals surface area (Å²) >= 11 is 0. The Hall–Kier alpha value is -1.11. The average Bonchev–Trinajstić information content (AvgIpc) is 2.30. The molecule has 1 atom stereocenters. The minimum absolute atomic E-state index is 0.0362. The van der Waals surface area contributed by atoms with Gasteiger partial charge >= 0.3 is 0 Å². The molecule has 0 saturated carbocycles. The fourth-order valence-electron chi connectivity index (χ4n) is 1.82. The van der Waals surface area contributed by atoms with Crippen LogP contribution >= 0.6 is 0 Å². The number of hydrogen-bond acceptors (Lipinski definition) is 4. The molecule has 0 fully saturated rings. The first-order valence-electron chi connectivity index (χ1n) is 6.56. The van der Waals surface area contributed by atoms with Gasteiger partial charge in [-0.1, -0.05) is 0 Å². The second kappa shape index (κ2) is 6.56. The molecule has 0 amide bonds. The van der Waals surface area contributed by atoms with E-state index in [1.54, 1.807) is 19.1 Å². The summed E-state index contributed by atoms with van der Waals surface area (Å²) in [5.74, 6) is 0.678. The fraction of sp³-hybridized carbons (Fsp3) is 0.571. The lowest BCUT2D eigenvalue weighted by molar-refractivity contribution is 0.171. The van der Waals surface area contributed by atoms with Gasteiger partial charge < -0.3 is 9.84 Å². The van der Waals surface area contributed by atoms with Crippen molar-refractivity contribution in [3.8, 4) is 5.75 Å². The predicted molar refractivity (Wildman–Crippen MR) is 78.4 cm³/mol. The number of sulfonamides is 1. The van der Waals surface area contributed by atoms with Crippen LogP contribution in [-0.2, 0) is 10.0 Å². The minimum Gasteiger partial charge on any atom is -0.491 e. The highest BCUT2D eigenvalue weighted by Gasteiger charge is 2.22. The van der Waals surface area contributed by atoms with Gasteiger partial charge in [-0.05, 0) is 51.5 Å². The summed E-state index contributed by atoms with van der Waals surface area (Å²) in [6.07, 6.45) is -0.673. The highest BCUT2D eigenvalue weighted by atomic mass is 32.2. The molecule has 5 nitrogen and oxygen atoms in total. The lowest BCUT2D eigenvalue weighted by atomic mass is 10.2. The monoisotopic (exact) mass is 301 g/mol. The molecule has 0 bridgehead atoms. The van der Waals surface area contributed by atoms with Crippen LogP contribution in [0.5, 0.6) is 5.75 Å². The van der Waals surface area contributed by atoms with E-state index >= 15 is 0 Å². The molecule has 1 aromatic rings. The molecular formula is C14H23NO4S. The Labute approximate surface area is 121 Å². The zero-order chi connectivity index (χ0) is 15.5. The SMILES string of the molecule is Cc1cc(S(=O)(=O)N(C)CC(C)O)ccc1OC(C)C. The van der Waals surface area contributed by atoms with Crippen molar-refractivity contribution in [2.24, 2.45) is 0 Å². The summed E-state index contributed by atoms with van der Waals surface area (Å²) in [4.78, 5) is 0.203. The standard InChI is InChI=1S/C14H23NO4S/c1-10(2)19-14-7-6-13(8-11(14)3)20(17,18)15(5)9-12(4)16/h6-8,10,12,16H,9H2,1-5H3. The normalized spacial score (nSPS) is 13.8. The van der Waals surface area contributed by atoms with Crippen LogP contribution in [0.15, 0.2) is 23.1 Å². The van der Waals surface area contributed by atoms with E-state index in [4.69, 9.17) is 4.74 Å². The van der Waals surface area contributed by atoms with E-state index < -0.39 is 16.1 Å². The number of hydrogen-bond donors (Lipinski definition) is 1. The average molecular weight is 301 g/mol. The van der Waals surface area contributed by atoms with Crippen LogP contribution in [-0.4, -0.2) is 43.6 Å². The van der Waals surface area contributed by atoms with Crippen LogP contribution in [0.2, 0.25) is 0 Å². The van der Waals surface area contributed by atoms with Gasteiger partial charge in [-0.3, -0.25) is 0 Å². The molecule has 0 aliphatic heterocycles. The van der Waals surface area contributed by atoms with Gasteiger partial charge in [0.1, 0.15) is 5.75 Å². The number of nitrogens with zero attached hydrogens (tertiary/aromatic N) is 1. The van der Waals surface area contributed by atoms with E-state index in [-0.39, 0.29) is 17.5 Å². The molecule has 114 valence electrons. The predicted octanol–water partition coefficient (Wildman–Crippen LogP) is 1.78. The topological polar surface area (TPSA) is 66.8 Å². The van der Waals surface area contributed by atoms with Crippen LogP contribution in [0.1, 0.15) is 26.3 Å². The van der Waals surface area contributed by atoms with Crippen LogP contribution in [0.25, 0.3) is 0 Å². The first-order valence-corrected chi connectivity index (χ1v) is 8.00.